The third-order valence-corrected chi connectivity index (χ3v) is 4.65. The number of hydrogen-bond acceptors (Lipinski definition) is 3. The Hall–Kier alpha value is -3.48. The Bertz CT molecular complexity index is 1060. The summed E-state index contributed by atoms with van der Waals surface area (Å²) >= 11 is 0. The molecule has 6 nitrogen and oxygen atoms in total. The summed E-state index contributed by atoms with van der Waals surface area (Å²) in [4.78, 5) is 24.8. The predicted molar refractivity (Wildman–Crippen MR) is 110 cm³/mol. The van der Waals surface area contributed by atoms with Crippen molar-refractivity contribution in [1.82, 2.24) is 14.9 Å². The zero-order valence-corrected chi connectivity index (χ0v) is 16.4. The number of pyridine rings is 1. The van der Waals surface area contributed by atoms with E-state index in [1.54, 1.807) is 17.6 Å². The monoisotopic (exact) mass is 394 g/mol. The van der Waals surface area contributed by atoms with Crippen LogP contribution < -0.4 is 10.6 Å². The molecule has 2 heterocycles. The van der Waals surface area contributed by atoms with Crippen molar-refractivity contribution < 1.29 is 14.0 Å². The summed E-state index contributed by atoms with van der Waals surface area (Å²) in [5.74, 6) is -1.11. The number of aryl methyl sites for hydroxylation is 1. The molecule has 0 fully saturated rings. The van der Waals surface area contributed by atoms with E-state index >= 15 is 0 Å². The van der Waals surface area contributed by atoms with E-state index in [0.29, 0.717) is 29.8 Å². The second kappa shape index (κ2) is 8.68. The smallest absolute Gasteiger partial charge is 0.259 e. The highest BCUT2D eigenvalue weighted by Crippen LogP contribution is 2.16. The number of benzene rings is 1. The van der Waals surface area contributed by atoms with E-state index < -0.39 is 0 Å². The Morgan fingerprint density at radius 3 is 2.69 bits per heavy atom. The van der Waals surface area contributed by atoms with Crippen LogP contribution in [0, 0.1) is 18.7 Å². The van der Waals surface area contributed by atoms with Gasteiger partial charge in [-0.1, -0.05) is 13.5 Å². The van der Waals surface area contributed by atoms with Gasteiger partial charge in [-0.05, 0) is 61.7 Å². The van der Waals surface area contributed by atoms with Crippen LogP contribution in [0.5, 0.6) is 0 Å². The highest BCUT2D eigenvalue weighted by Gasteiger charge is 2.16. The van der Waals surface area contributed by atoms with Crippen LogP contribution in [0.1, 0.15) is 35.7 Å². The first-order chi connectivity index (χ1) is 13.8. The van der Waals surface area contributed by atoms with Gasteiger partial charge in [-0.3, -0.25) is 9.59 Å². The predicted octanol–water partition coefficient (Wildman–Crippen LogP) is 4.08. The van der Waals surface area contributed by atoms with Crippen LogP contribution in [0.15, 0.2) is 61.1 Å². The standard InChI is InChI=1S/C22H23FN4O2/c1-14-10-11-27-20(12-14)19(13-24-27)22(29)25-16(3)5-4-15(2)21(28)26-18-8-6-17(23)7-9-18/h6-13,15H,3-5H2,1-2H3,(H,25,29)(H,26,28). The Balaban J connectivity index is 1.52. The fraction of sp³-hybridized carbons (Fsp3) is 0.227. The van der Waals surface area contributed by atoms with E-state index in [2.05, 4.69) is 22.3 Å². The second-order valence-electron chi connectivity index (χ2n) is 7.09. The normalized spacial score (nSPS) is 11.8. The largest absolute Gasteiger partial charge is 0.326 e. The van der Waals surface area contributed by atoms with Gasteiger partial charge in [0.05, 0.1) is 17.3 Å². The lowest BCUT2D eigenvalue weighted by atomic mass is 10.0. The fourth-order valence-electron chi connectivity index (χ4n) is 2.87. The molecule has 0 aliphatic heterocycles. The van der Waals surface area contributed by atoms with E-state index in [0.717, 1.165) is 11.1 Å². The quantitative estimate of drug-likeness (QED) is 0.634. The van der Waals surface area contributed by atoms with Crippen molar-refractivity contribution in [3.8, 4) is 0 Å². The van der Waals surface area contributed by atoms with Gasteiger partial charge in [0.15, 0.2) is 0 Å². The molecule has 0 saturated carbocycles. The van der Waals surface area contributed by atoms with E-state index in [-0.39, 0.29) is 23.5 Å². The molecule has 0 saturated heterocycles. The van der Waals surface area contributed by atoms with Crippen molar-refractivity contribution in [3.05, 3.63) is 78.0 Å². The van der Waals surface area contributed by atoms with Crippen molar-refractivity contribution in [3.63, 3.8) is 0 Å². The van der Waals surface area contributed by atoms with Crippen LogP contribution in [-0.2, 0) is 4.79 Å². The van der Waals surface area contributed by atoms with E-state index in [1.165, 1.54) is 30.5 Å². The Kier molecular flexibility index (Phi) is 6.07. The molecule has 0 aliphatic rings. The van der Waals surface area contributed by atoms with Crippen LogP contribution >= 0.6 is 0 Å². The number of nitrogens with one attached hydrogen (secondary N) is 2. The molecule has 1 unspecified atom stereocenters. The Morgan fingerprint density at radius 2 is 1.97 bits per heavy atom. The number of allylic oxidation sites excluding steroid dienone is 1. The summed E-state index contributed by atoms with van der Waals surface area (Å²) in [6, 6.07) is 9.42. The molecule has 2 amide bonds. The van der Waals surface area contributed by atoms with Crippen molar-refractivity contribution in [2.75, 3.05) is 5.32 Å². The molecule has 0 spiro atoms. The molecular formula is C22H23FN4O2. The third-order valence-electron chi connectivity index (χ3n) is 4.65. The molecule has 2 aromatic heterocycles. The lowest BCUT2D eigenvalue weighted by Gasteiger charge is -2.13. The maximum Gasteiger partial charge on any atom is 0.259 e. The first-order valence-electron chi connectivity index (χ1n) is 9.33. The summed E-state index contributed by atoms with van der Waals surface area (Å²) in [5, 5.41) is 9.71. The molecule has 3 rings (SSSR count). The SMILES string of the molecule is C=C(CCC(C)C(=O)Nc1ccc(F)cc1)NC(=O)c1cnn2ccc(C)cc12. The maximum atomic E-state index is 12.9. The number of carbonyl (C=O) groups excluding carboxylic acids is 2. The highest BCUT2D eigenvalue weighted by molar-refractivity contribution is 6.01. The molecule has 2 N–H and O–H groups in total. The van der Waals surface area contributed by atoms with Crippen LogP contribution in [0.25, 0.3) is 5.52 Å². The number of rotatable bonds is 7. The Labute approximate surface area is 168 Å². The number of aromatic nitrogens is 2. The maximum absolute atomic E-state index is 12.9. The minimum atomic E-state index is -0.357. The number of fused-ring (bicyclic) bond motifs is 1. The molecule has 1 aromatic carbocycles. The number of nitrogens with zero attached hydrogens (tertiary/aromatic N) is 2. The van der Waals surface area contributed by atoms with Crippen LogP contribution in [0.3, 0.4) is 0 Å². The van der Waals surface area contributed by atoms with Gasteiger partial charge in [0, 0.05) is 23.5 Å². The number of hydrogen-bond donors (Lipinski definition) is 2. The molecule has 29 heavy (non-hydrogen) atoms. The number of halogens is 1. The van der Waals surface area contributed by atoms with Crippen molar-refractivity contribution >= 4 is 23.0 Å². The number of anilines is 1. The van der Waals surface area contributed by atoms with Gasteiger partial charge in [0.2, 0.25) is 5.91 Å². The molecule has 0 radical (unpaired) electrons. The molecule has 7 heteroatoms. The Morgan fingerprint density at radius 1 is 1.24 bits per heavy atom. The summed E-state index contributed by atoms with van der Waals surface area (Å²) in [7, 11) is 0. The first kappa shape index (κ1) is 20.3. The zero-order chi connectivity index (χ0) is 21.0. The summed E-state index contributed by atoms with van der Waals surface area (Å²) in [6.07, 6.45) is 4.30. The number of carbonyl (C=O) groups is 2. The molecule has 3 aromatic rings. The summed E-state index contributed by atoms with van der Waals surface area (Å²) < 4.78 is 14.6. The van der Waals surface area contributed by atoms with Crippen LogP contribution in [0.2, 0.25) is 0 Å². The van der Waals surface area contributed by atoms with Crippen molar-refractivity contribution in [2.45, 2.75) is 26.7 Å². The average molecular weight is 394 g/mol. The van der Waals surface area contributed by atoms with Gasteiger partial charge in [0.1, 0.15) is 5.82 Å². The fourth-order valence-corrected chi connectivity index (χ4v) is 2.87. The lowest BCUT2D eigenvalue weighted by molar-refractivity contribution is -0.119. The van der Waals surface area contributed by atoms with E-state index in [4.69, 9.17) is 0 Å². The first-order valence-corrected chi connectivity index (χ1v) is 9.33. The van der Waals surface area contributed by atoms with Gasteiger partial charge >= 0.3 is 0 Å². The minimum Gasteiger partial charge on any atom is -0.326 e. The summed E-state index contributed by atoms with van der Waals surface area (Å²) in [5.41, 5.74) is 3.30. The minimum absolute atomic E-state index is 0.172. The van der Waals surface area contributed by atoms with Crippen molar-refractivity contribution in [1.29, 1.82) is 0 Å². The summed E-state index contributed by atoms with van der Waals surface area (Å²) in [6.45, 7) is 7.64. The van der Waals surface area contributed by atoms with E-state index in [1.807, 2.05) is 19.1 Å². The second-order valence-corrected chi connectivity index (χ2v) is 7.09. The molecule has 0 bridgehead atoms. The third kappa shape index (κ3) is 5.07. The van der Waals surface area contributed by atoms with Gasteiger partial charge < -0.3 is 10.6 Å². The van der Waals surface area contributed by atoms with Gasteiger partial charge in [-0.2, -0.15) is 5.10 Å². The molecule has 1 atom stereocenters. The van der Waals surface area contributed by atoms with Gasteiger partial charge in [-0.15, -0.1) is 0 Å². The zero-order valence-electron chi connectivity index (χ0n) is 16.4. The van der Waals surface area contributed by atoms with Crippen LogP contribution in [-0.4, -0.2) is 21.4 Å². The van der Waals surface area contributed by atoms with Crippen molar-refractivity contribution in [2.24, 2.45) is 5.92 Å². The van der Waals surface area contributed by atoms with Crippen LogP contribution in [0.4, 0.5) is 10.1 Å². The van der Waals surface area contributed by atoms with E-state index in [9.17, 15) is 14.0 Å². The highest BCUT2D eigenvalue weighted by atomic mass is 19.1. The van der Waals surface area contributed by atoms with Gasteiger partial charge in [0.25, 0.3) is 5.91 Å². The molecule has 0 aliphatic carbocycles. The lowest BCUT2D eigenvalue weighted by Crippen LogP contribution is -2.24. The number of amides is 2. The molecular weight excluding hydrogens is 371 g/mol. The average Bonchev–Trinajstić information content (AvgIpc) is 3.11. The van der Waals surface area contributed by atoms with Gasteiger partial charge in [-0.25, -0.2) is 8.91 Å². The topological polar surface area (TPSA) is 75.5 Å². The molecule has 150 valence electrons.